The highest BCUT2D eigenvalue weighted by Crippen LogP contribution is 2.32. The molecule has 0 aliphatic heterocycles. The maximum Gasteiger partial charge on any atom is 0.137 e. The van der Waals surface area contributed by atoms with Crippen molar-refractivity contribution in [3.05, 3.63) is 83.2 Å². The van der Waals surface area contributed by atoms with Gasteiger partial charge < -0.3 is 5.11 Å². The largest absolute Gasteiger partial charge is 0.378 e. The lowest BCUT2D eigenvalue weighted by Gasteiger charge is -2.29. The quantitative estimate of drug-likeness (QED) is 0.804. The number of nitrogens with zero attached hydrogens (tertiary/aromatic N) is 3. The zero-order valence-corrected chi connectivity index (χ0v) is 12.3. The van der Waals surface area contributed by atoms with Gasteiger partial charge in [-0.2, -0.15) is 5.10 Å². The van der Waals surface area contributed by atoms with Gasteiger partial charge in [-0.3, -0.25) is 0 Å². The third-order valence-electron chi connectivity index (χ3n) is 3.50. The van der Waals surface area contributed by atoms with Crippen LogP contribution in [0.4, 0.5) is 4.39 Å². The van der Waals surface area contributed by atoms with Crippen LogP contribution in [0.15, 0.2) is 61.2 Å². The first-order valence-corrected chi connectivity index (χ1v) is 7.02. The first-order chi connectivity index (χ1) is 10.6. The van der Waals surface area contributed by atoms with Crippen molar-refractivity contribution in [2.75, 3.05) is 0 Å². The van der Waals surface area contributed by atoms with Crippen molar-refractivity contribution in [3.63, 3.8) is 0 Å². The van der Waals surface area contributed by atoms with Crippen molar-refractivity contribution in [3.8, 4) is 0 Å². The molecule has 2 aromatic carbocycles. The fourth-order valence-corrected chi connectivity index (χ4v) is 2.48. The van der Waals surface area contributed by atoms with Crippen molar-refractivity contribution >= 4 is 11.6 Å². The summed E-state index contributed by atoms with van der Waals surface area (Å²) in [4.78, 5) is 3.88. The lowest BCUT2D eigenvalue weighted by atomic mass is 9.86. The second-order valence-electron chi connectivity index (χ2n) is 4.97. The molecule has 0 aliphatic carbocycles. The Morgan fingerprint density at radius 1 is 1.05 bits per heavy atom. The summed E-state index contributed by atoms with van der Waals surface area (Å²) in [6.45, 7) is 0.153. The zero-order chi connectivity index (χ0) is 15.6. The van der Waals surface area contributed by atoms with Crippen LogP contribution in [0.3, 0.4) is 0 Å². The topological polar surface area (TPSA) is 50.9 Å². The lowest BCUT2D eigenvalue weighted by Crippen LogP contribution is -2.33. The Kier molecular flexibility index (Phi) is 3.92. The molecule has 0 spiro atoms. The summed E-state index contributed by atoms with van der Waals surface area (Å²) in [5.74, 6) is -0.358. The van der Waals surface area contributed by atoms with Gasteiger partial charge in [-0.15, -0.1) is 0 Å². The summed E-state index contributed by atoms with van der Waals surface area (Å²) in [6, 6.07) is 12.6. The van der Waals surface area contributed by atoms with E-state index in [9.17, 15) is 9.50 Å². The number of rotatable bonds is 4. The Balaban J connectivity index is 2.08. The van der Waals surface area contributed by atoms with Crippen molar-refractivity contribution < 1.29 is 9.50 Å². The molecular formula is C16H13ClFN3O. The Morgan fingerprint density at radius 2 is 1.64 bits per heavy atom. The highest BCUT2D eigenvalue weighted by molar-refractivity contribution is 6.30. The predicted octanol–water partition coefficient (Wildman–Crippen LogP) is 3.01. The van der Waals surface area contributed by atoms with Gasteiger partial charge >= 0.3 is 0 Å². The van der Waals surface area contributed by atoms with Gasteiger partial charge in [0.1, 0.15) is 24.1 Å². The summed E-state index contributed by atoms with van der Waals surface area (Å²) in [7, 11) is 0. The molecule has 0 radical (unpaired) electrons. The lowest BCUT2D eigenvalue weighted by molar-refractivity contribution is 0.0572. The summed E-state index contributed by atoms with van der Waals surface area (Å²) in [5, 5.41) is 15.9. The fraction of sp³-hybridized carbons (Fsp3) is 0.125. The average Bonchev–Trinajstić information content (AvgIpc) is 3.01. The van der Waals surface area contributed by atoms with Crippen LogP contribution < -0.4 is 0 Å². The number of aliphatic hydroxyl groups is 1. The average molecular weight is 318 g/mol. The minimum atomic E-state index is -1.37. The standard InChI is InChI=1S/C16H13ClFN3O/c17-14-5-1-12(2-6-14)16(22,9-21-11-19-10-20-21)13-3-7-15(18)8-4-13/h1-8,10-11,22H,9H2/t16-/m0/s1. The first-order valence-electron chi connectivity index (χ1n) is 6.65. The van der Waals surface area contributed by atoms with Gasteiger partial charge in [0.2, 0.25) is 0 Å². The van der Waals surface area contributed by atoms with Crippen molar-refractivity contribution in [2.45, 2.75) is 12.1 Å². The Bertz CT molecular complexity index is 697. The minimum absolute atomic E-state index is 0.153. The molecule has 1 aromatic heterocycles. The minimum Gasteiger partial charge on any atom is -0.378 e. The molecule has 1 heterocycles. The summed E-state index contributed by atoms with van der Waals surface area (Å²) >= 11 is 5.91. The molecule has 0 saturated carbocycles. The van der Waals surface area contributed by atoms with Gasteiger partial charge in [0.05, 0.1) is 6.54 Å². The number of aromatic nitrogens is 3. The van der Waals surface area contributed by atoms with E-state index < -0.39 is 5.60 Å². The molecule has 0 bridgehead atoms. The zero-order valence-electron chi connectivity index (χ0n) is 11.5. The first kappa shape index (κ1) is 14.7. The van der Waals surface area contributed by atoms with Crippen molar-refractivity contribution in [1.82, 2.24) is 14.8 Å². The highest BCUT2D eigenvalue weighted by Gasteiger charge is 2.32. The summed E-state index contributed by atoms with van der Waals surface area (Å²) in [5.41, 5.74) is -0.169. The second-order valence-corrected chi connectivity index (χ2v) is 5.40. The molecule has 0 saturated heterocycles. The fourth-order valence-electron chi connectivity index (χ4n) is 2.35. The molecule has 0 fully saturated rings. The van der Waals surface area contributed by atoms with E-state index in [1.54, 1.807) is 36.4 Å². The van der Waals surface area contributed by atoms with Gasteiger partial charge in [0, 0.05) is 5.02 Å². The van der Waals surface area contributed by atoms with Crippen LogP contribution in [-0.4, -0.2) is 19.9 Å². The van der Waals surface area contributed by atoms with Crippen molar-refractivity contribution in [1.29, 1.82) is 0 Å². The van der Waals surface area contributed by atoms with Crippen LogP contribution >= 0.6 is 11.6 Å². The molecule has 112 valence electrons. The van der Waals surface area contributed by atoms with Gasteiger partial charge in [-0.1, -0.05) is 35.9 Å². The van der Waals surface area contributed by atoms with Crippen molar-refractivity contribution in [2.24, 2.45) is 0 Å². The van der Waals surface area contributed by atoms with Crippen LogP contribution in [-0.2, 0) is 12.1 Å². The maximum atomic E-state index is 13.2. The van der Waals surface area contributed by atoms with E-state index >= 15 is 0 Å². The SMILES string of the molecule is O[C@](Cn1cncn1)(c1ccc(F)cc1)c1ccc(Cl)cc1. The molecule has 3 rings (SSSR count). The van der Waals surface area contributed by atoms with Gasteiger partial charge in [-0.05, 0) is 35.4 Å². The molecule has 22 heavy (non-hydrogen) atoms. The molecule has 4 nitrogen and oxygen atoms in total. The molecule has 0 unspecified atom stereocenters. The molecule has 1 atom stereocenters. The summed E-state index contributed by atoms with van der Waals surface area (Å²) < 4.78 is 14.7. The van der Waals surface area contributed by atoms with Gasteiger partial charge in [0.15, 0.2) is 0 Å². The molecule has 3 aromatic rings. The number of halogens is 2. The van der Waals surface area contributed by atoms with Crippen LogP contribution in [0.5, 0.6) is 0 Å². The molecular weight excluding hydrogens is 305 g/mol. The van der Waals surface area contributed by atoms with E-state index in [0.717, 1.165) is 0 Å². The second kappa shape index (κ2) is 5.87. The monoisotopic (exact) mass is 317 g/mol. The van der Waals surface area contributed by atoms with Crippen LogP contribution in [0, 0.1) is 5.82 Å². The smallest absolute Gasteiger partial charge is 0.137 e. The molecule has 0 amide bonds. The number of hydrogen-bond donors (Lipinski definition) is 1. The third-order valence-corrected chi connectivity index (χ3v) is 3.75. The Morgan fingerprint density at radius 3 is 2.18 bits per heavy atom. The Labute approximate surface area is 131 Å². The highest BCUT2D eigenvalue weighted by atomic mass is 35.5. The van der Waals surface area contributed by atoms with E-state index in [2.05, 4.69) is 10.1 Å². The van der Waals surface area contributed by atoms with E-state index in [1.807, 2.05) is 0 Å². The van der Waals surface area contributed by atoms with E-state index in [4.69, 9.17) is 11.6 Å². The molecule has 6 heteroatoms. The van der Waals surface area contributed by atoms with E-state index in [-0.39, 0.29) is 12.4 Å². The van der Waals surface area contributed by atoms with Crippen LogP contribution in [0.2, 0.25) is 5.02 Å². The third kappa shape index (κ3) is 2.86. The van der Waals surface area contributed by atoms with E-state index in [1.165, 1.54) is 29.5 Å². The maximum absolute atomic E-state index is 13.2. The molecule has 0 aliphatic rings. The number of benzene rings is 2. The summed E-state index contributed by atoms with van der Waals surface area (Å²) in [6.07, 6.45) is 2.91. The Hall–Kier alpha value is -2.24. The van der Waals surface area contributed by atoms with Gasteiger partial charge in [-0.25, -0.2) is 14.1 Å². The van der Waals surface area contributed by atoms with Crippen LogP contribution in [0.1, 0.15) is 11.1 Å². The number of hydrogen-bond acceptors (Lipinski definition) is 3. The normalized spacial score (nSPS) is 13.8. The van der Waals surface area contributed by atoms with E-state index in [0.29, 0.717) is 16.1 Å². The van der Waals surface area contributed by atoms with Crippen LogP contribution in [0.25, 0.3) is 0 Å². The molecule has 1 N–H and O–H groups in total. The predicted molar refractivity (Wildman–Crippen MR) is 80.9 cm³/mol. The van der Waals surface area contributed by atoms with Gasteiger partial charge in [0.25, 0.3) is 0 Å².